The molecule has 0 aliphatic carbocycles. The van der Waals surface area contributed by atoms with E-state index < -0.39 is 24.2 Å². The summed E-state index contributed by atoms with van der Waals surface area (Å²) in [5, 5.41) is 6.27. The van der Waals surface area contributed by atoms with E-state index in [2.05, 4.69) is 15.5 Å². The van der Waals surface area contributed by atoms with Gasteiger partial charge in [-0.1, -0.05) is 16.8 Å². The number of aromatic nitrogens is 2. The maximum atomic E-state index is 13.7. The molecule has 0 saturated heterocycles. The lowest BCUT2D eigenvalue weighted by Crippen LogP contribution is -2.39. The zero-order valence-corrected chi connectivity index (χ0v) is 16.4. The molecule has 2 amide bonds. The van der Waals surface area contributed by atoms with Crippen LogP contribution in [0.4, 0.5) is 13.2 Å². The third-order valence-corrected chi connectivity index (χ3v) is 5.37. The summed E-state index contributed by atoms with van der Waals surface area (Å²) < 4.78 is 44.2. The molecule has 1 aromatic carbocycles. The van der Waals surface area contributed by atoms with Crippen molar-refractivity contribution in [1.82, 2.24) is 20.4 Å². The van der Waals surface area contributed by atoms with Gasteiger partial charge < -0.3 is 19.7 Å². The summed E-state index contributed by atoms with van der Waals surface area (Å²) in [4.78, 5) is 29.6. The first-order valence-electron chi connectivity index (χ1n) is 9.08. The molecule has 1 atom stereocenters. The van der Waals surface area contributed by atoms with E-state index in [9.17, 15) is 22.8 Å². The van der Waals surface area contributed by atoms with E-state index in [1.165, 1.54) is 30.0 Å². The highest BCUT2D eigenvalue weighted by molar-refractivity contribution is 6.35. The van der Waals surface area contributed by atoms with Crippen molar-refractivity contribution < 1.29 is 27.3 Å². The number of amides is 2. The molecule has 2 N–H and O–H groups in total. The second-order valence-corrected chi connectivity index (χ2v) is 7.39. The van der Waals surface area contributed by atoms with Gasteiger partial charge in [0.2, 0.25) is 5.76 Å². The Balaban J connectivity index is 1.57. The van der Waals surface area contributed by atoms with Gasteiger partial charge in [0.15, 0.2) is 0 Å². The predicted molar refractivity (Wildman–Crippen MR) is 101 cm³/mol. The Bertz CT molecular complexity index is 1140. The summed E-state index contributed by atoms with van der Waals surface area (Å²) >= 11 is 5.96. The molecular weight excluding hydrogens is 425 g/mol. The number of hydrogen-bond acceptors (Lipinski definition) is 4. The Hall–Kier alpha value is -3.01. The van der Waals surface area contributed by atoms with Gasteiger partial charge in [0, 0.05) is 29.4 Å². The molecule has 7 nitrogen and oxygen atoms in total. The Morgan fingerprint density at radius 3 is 2.87 bits per heavy atom. The molecule has 2 aromatic heterocycles. The van der Waals surface area contributed by atoms with Crippen LogP contribution in [0.3, 0.4) is 0 Å². The van der Waals surface area contributed by atoms with E-state index in [1.54, 1.807) is 0 Å². The van der Waals surface area contributed by atoms with Gasteiger partial charge in [-0.05, 0) is 25.1 Å². The van der Waals surface area contributed by atoms with Crippen LogP contribution in [0.25, 0.3) is 10.9 Å². The first-order chi connectivity index (χ1) is 14.3. The van der Waals surface area contributed by atoms with E-state index in [1.807, 2.05) is 0 Å². The van der Waals surface area contributed by atoms with Gasteiger partial charge in [-0.2, -0.15) is 0 Å². The van der Waals surface area contributed by atoms with Crippen LogP contribution in [0.5, 0.6) is 0 Å². The van der Waals surface area contributed by atoms with Crippen LogP contribution in [0, 0.1) is 5.82 Å². The largest absolute Gasteiger partial charge is 0.350 e. The molecule has 158 valence electrons. The minimum absolute atomic E-state index is 0.0148. The minimum atomic E-state index is -2.73. The SMILES string of the molecule is C[C@@H](NC(=O)c1onc2c1CN(C(=O)c1cc3c(Cl)c(F)ccc3[nH]1)CC2)C(F)F. The van der Waals surface area contributed by atoms with Gasteiger partial charge in [-0.3, -0.25) is 9.59 Å². The van der Waals surface area contributed by atoms with Crippen molar-refractivity contribution >= 4 is 34.3 Å². The fourth-order valence-electron chi connectivity index (χ4n) is 3.33. The third kappa shape index (κ3) is 3.51. The van der Waals surface area contributed by atoms with Crippen molar-refractivity contribution in [1.29, 1.82) is 0 Å². The molecular formula is C19H16ClF3N4O3. The smallest absolute Gasteiger partial charge is 0.290 e. The summed E-state index contributed by atoms with van der Waals surface area (Å²) in [5.41, 5.74) is 1.58. The molecule has 1 aliphatic heterocycles. The number of fused-ring (bicyclic) bond motifs is 2. The topological polar surface area (TPSA) is 91.2 Å². The number of benzene rings is 1. The highest BCUT2D eigenvalue weighted by atomic mass is 35.5. The number of aromatic amines is 1. The molecule has 0 bridgehead atoms. The van der Waals surface area contributed by atoms with Crippen molar-refractivity contribution in [3.63, 3.8) is 0 Å². The Morgan fingerprint density at radius 2 is 2.13 bits per heavy atom. The Labute approximate surface area is 173 Å². The van der Waals surface area contributed by atoms with Crippen LogP contribution in [-0.2, 0) is 13.0 Å². The van der Waals surface area contributed by atoms with Gasteiger partial charge >= 0.3 is 0 Å². The number of alkyl halides is 2. The van der Waals surface area contributed by atoms with Gasteiger partial charge in [-0.15, -0.1) is 0 Å². The molecule has 0 spiro atoms. The maximum absolute atomic E-state index is 13.7. The molecule has 0 fully saturated rings. The van der Waals surface area contributed by atoms with Crippen molar-refractivity contribution in [3.8, 4) is 0 Å². The van der Waals surface area contributed by atoms with Crippen molar-refractivity contribution in [3.05, 3.63) is 51.8 Å². The van der Waals surface area contributed by atoms with Crippen molar-refractivity contribution in [2.75, 3.05) is 6.54 Å². The Kier molecular flexibility index (Phi) is 5.19. The van der Waals surface area contributed by atoms with Gasteiger partial charge in [0.05, 0.1) is 23.3 Å². The number of nitrogens with zero attached hydrogens (tertiary/aromatic N) is 2. The van der Waals surface area contributed by atoms with E-state index >= 15 is 0 Å². The average molecular weight is 441 g/mol. The van der Waals surface area contributed by atoms with Gasteiger partial charge in [-0.25, -0.2) is 13.2 Å². The number of H-pyrrole nitrogens is 1. The van der Waals surface area contributed by atoms with Crippen LogP contribution in [0.2, 0.25) is 5.02 Å². The third-order valence-electron chi connectivity index (χ3n) is 4.99. The zero-order chi connectivity index (χ0) is 21.6. The molecule has 0 unspecified atom stereocenters. The van der Waals surface area contributed by atoms with Crippen molar-refractivity contribution in [2.45, 2.75) is 32.4 Å². The van der Waals surface area contributed by atoms with Crippen molar-refractivity contribution in [2.24, 2.45) is 0 Å². The van der Waals surface area contributed by atoms with E-state index in [0.717, 1.165) is 0 Å². The van der Waals surface area contributed by atoms with Crippen LogP contribution >= 0.6 is 11.6 Å². The highest BCUT2D eigenvalue weighted by Gasteiger charge is 2.32. The monoisotopic (exact) mass is 440 g/mol. The number of rotatable bonds is 4. The number of carbonyl (C=O) groups is 2. The lowest BCUT2D eigenvalue weighted by molar-refractivity contribution is 0.0716. The van der Waals surface area contributed by atoms with Gasteiger partial charge in [0.1, 0.15) is 11.5 Å². The fraction of sp³-hybridized carbons (Fsp3) is 0.316. The lowest BCUT2D eigenvalue weighted by Gasteiger charge is -2.26. The second-order valence-electron chi connectivity index (χ2n) is 7.02. The first kappa shape index (κ1) is 20.3. The number of carbonyl (C=O) groups excluding carboxylic acids is 2. The van der Waals surface area contributed by atoms with Crippen LogP contribution < -0.4 is 5.32 Å². The molecule has 1 aliphatic rings. The van der Waals surface area contributed by atoms with Crippen LogP contribution in [0.15, 0.2) is 22.7 Å². The minimum Gasteiger partial charge on any atom is -0.350 e. The van der Waals surface area contributed by atoms with E-state index in [0.29, 0.717) is 35.1 Å². The molecule has 30 heavy (non-hydrogen) atoms. The molecule has 3 aromatic rings. The maximum Gasteiger partial charge on any atom is 0.290 e. The highest BCUT2D eigenvalue weighted by Crippen LogP contribution is 2.29. The quantitative estimate of drug-likeness (QED) is 0.649. The van der Waals surface area contributed by atoms with Crippen LogP contribution in [-0.4, -0.2) is 45.9 Å². The molecule has 3 heterocycles. The van der Waals surface area contributed by atoms with Gasteiger partial charge in [0.25, 0.3) is 18.2 Å². The number of halogens is 4. The van der Waals surface area contributed by atoms with E-state index in [4.69, 9.17) is 16.1 Å². The molecule has 4 rings (SSSR count). The summed E-state index contributed by atoms with van der Waals surface area (Å²) in [6.07, 6.45) is -2.40. The predicted octanol–water partition coefficient (Wildman–Crippen LogP) is 3.53. The van der Waals surface area contributed by atoms with Crippen LogP contribution in [0.1, 0.15) is 39.2 Å². The average Bonchev–Trinajstić information content (AvgIpc) is 3.34. The summed E-state index contributed by atoms with van der Waals surface area (Å²) in [7, 11) is 0. The number of nitrogens with one attached hydrogen (secondary N) is 2. The Morgan fingerprint density at radius 1 is 1.37 bits per heavy atom. The molecule has 0 saturated carbocycles. The molecule has 0 radical (unpaired) electrons. The van der Waals surface area contributed by atoms with E-state index in [-0.39, 0.29) is 28.9 Å². The normalized spacial score (nSPS) is 14.8. The summed E-state index contributed by atoms with van der Waals surface area (Å²) in [5.74, 6) is -2.00. The zero-order valence-electron chi connectivity index (χ0n) is 15.6. The fourth-order valence-corrected chi connectivity index (χ4v) is 3.55. The lowest BCUT2D eigenvalue weighted by atomic mass is 10.0. The number of hydrogen-bond donors (Lipinski definition) is 2. The second kappa shape index (κ2) is 7.67. The standard InChI is InChI=1S/C19H16ClF3N4O3/c1-8(17(22)23)24-18(28)16-10-7-27(5-4-13(10)26-30-16)19(29)14-6-9-12(25-14)3-2-11(21)15(9)20/h2-3,6,8,17,25H,4-5,7H2,1H3,(H,24,28)/t8-/m1/s1. The molecule has 11 heteroatoms. The summed E-state index contributed by atoms with van der Waals surface area (Å²) in [6.45, 7) is 1.50. The first-order valence-corrected chi connectivity index (χ1v) is 9.46. The summed E-state index contributed by atoms with van der Waals surface area (Å²) in [6, 6.07) is 2.78.